The van der Waals surface area contributed by atoms with Crippen molar-refractivity contribution in [3.8, 4) is 0 Å². The quantitative estimate of drug-likeness (QED) is 0.566. The fourth-order valence-electron chi connectivity index (χ4n) is 2.69. The maximum Gasteiger partial charge on any atom is 0.316 e. The van der Waals surface area contributed by atoms with Crippen molar-refractivity contribution in [2.45, 2.75) is 37.1 Å². The van der Waals surface area contributed by atoms with Crippen LogP contribution in [-0.2, 0) is 27.2 Å². The lowest BCUT2D eigenvalue weighted by atomic mass is 10.1. The van der Waals surface area contributed by atoms with Gasteiger partial charge in [0.2, 0.25) is 0 Å². The molecule has 1 aliphatic rings. The summed E-state index contributed by atoms with van der Waals surface area (Å²) in [5, 5.41) is 9.35. The highest BCUT2D eigenvalue weighted by molar-refractivity contribution is 7.99. The van der Waals surface area contributed by atoms with E-state index in [9.17, 15) is 4.79 Å². The summed E-state index contributed by atoms with van der Waals surface area (Å²) in [5.74, 6) is 0.853. The Morgan fingerprint density at radius 1 is 1.38 bits per heavy atom. The van der Waals surface area contributed by atoms with Crippen LogP contribution in [0.2, 0.25) is 0 Å². The Kier molecular flexibility index (Phi) is 5.87. The summed E-state index contributed by atoms with van der Waals surface area (Å²) in [6.45, 7) is 1.53. The van der Waals surface area contributed by atoms with E-state index in [4.69, 9.17) is 9.47 Å². The first-order valence-electron chi connectivity index (χ1n) is 8.03. The molecular weight excluding hydrogens is 326 g/mol. The zero-order valence-corrected chi connectivity index (χ0v) is 14.5. The van der Waals surface area contributed by atoms with Gasteiger partial charge in [-0.15, -0.1) is 10.2 Å². The van der Waals surface area contributed by atoms with Gasteiger partial charge in [0.05, 0.1) is 25.5 Å². The standard InChI is InChI=1S/C17H21N3O3S/c1-22-16(21)12-24-17-19-18-15(10-13-6-3-2-4-7-13)20(17)11-14-8-5-9-23-14/h2-4,6-7,14H,5,8-12H2,1H3/t14-/m1/s1. The molecule has 0 spiro atoms. The third-order valence-electron chi connectivity index (χ3n) is 3.96. The number of benzene rings is 1. The Bertz CT molecular complexity index is 669. The minimum Gasteiger partial charge on any atom is -0.468 e. The maximum absolute atomic E-state index is 11.4. The topological polar surface area (TPSA) is 66.2 Å². The van der Waals surface area contributed by atoms with Crippen LogP contribution in [0.1, 0.15) is 24.2 Å². The van der Waals surface area contributed by atoms with Crippen LogP contribution in [0.3, 0.4) is 0 Å². The number of esters is 1. The summed E-state index contributed by atoms with van der Waals surface area (Å²) in [6, 6.07) is 10.2. The van der Waals surface area contributed by atoms with Crippen LogP contribution >= 0.6 is 11.8 Å². The van der Waals surface area contributed by atoms with Crippen LogP contribution < -0.4 is 0 Å². The Balaban J connectivity index is 1.78. The fourth-order valence-corrected chi connectivity index (χ4v) is 3.49. The highest BCUT2D eigenvalue weighted by Gasteiger charge is 2.21. The second-order valence-corrected chi connectivity index (χ2v) is 6.61. The number of thioether (sulfide) groups is 1. The van der Waals surface area contributed by atoms with Gasteiger partial charge in [0.25, 0.3) is 0 Å². The Hall–Kier alpha value is -1.86. The van der Waals surface area contributed by atoms with Crippen LogP contribution in [0.25, 0.3) is 0 Å². The van der Waals surface area contributed by atoms with E-state index in [0.29, 0.717) is 6.42 Å². The van der Waals surface area contributed by atoms with Gasteiger partial charge in [-0.1, -0.05) is 42.1 Å². The highest BCUT2D eigenvalue weighted by Crippen LogP contribution is 2.22. The van der Waals surface area contributed by atoms with Gasteiger partial charge in [0.15, 0.2) is 5.16 Å². The van der Waals surface area contributed by atoms with Gasteiger partial charge in [-0.3, -0.25) is 4.79 Å². The molecule has 24 heavy (non-hydrogen) atoms. The number of aromatic nitrogens is 3. The van der Waals surface area contributed by atoms with Gasteiger partial charge < -0.3 is 14.0 Å². The van der Waals surface area contributed by atoms with E-state index in [2.05, 4.69) is 26.9 Å². The normalized spacial score (nSPS) is 17.1. The summed E-state index contributed by atoms with van der Waals surface area (Å²) < 4.78 is 12.5. The van der Waals surface area contributed by atoms with E-state index in [-0.39, 0.29) is 17.8 Å². The minimum absolute atomic E-state index is 0.188. The molecule has 1 aliphatic heterocycles. The molecule has 0 N–H and O–H groups in total. The smallest absolute Gasteiger partial charge is 0.316 e. The van der Waals surface area contributed by atoms with Crippen molar-refractivity contribution in [3.63, 3.8) is 0 Å². The zero-order valence-electron chi connectivity index (χ0n) is 13.7. The number of nitrogens with zero attached hydrogens (tertiary/aromatic N) is 3. The number of rotatable bonds is 7. The van der Waals surface area contributed by atoms with Gasteiger partial charge in [0.1, 0.15) is 5.82 Å². The monoisotopic (exact) mass is 347 g/mol. The number of hydrogen-bond acceptors (Lipinski definition) is 6. The molecule has 0 aliphatic carbocycles. The molecule has 0 saturated carbocycles. The molecule has 7 heteroatoms. The fraction of sp³-hybridized carbons (Fsp3) is 0.471. The Labute approximate surface area is 145 Å². The minimum atomic E-state index is -0.267. The number of carbonyl (C=O) groups excluding carboxylic acids is 1. The summed E-state index contributed by atoms with van der Waals surface area (Å²) in [4.78, 5) is 11.4. The van der Waals surface area contributed by atoms with E-state index in [1.807, 2.05) is 18.2 Å². The molecule has 0 radical (unpaired) electrons. The first-order chi connectivity index (χ1) is 11.8. The summed E-state index contributed by atoms with van der Waals surface area (Å²) in [6.07, 6.45) is 3.03. The summed E-state index contributed by atoms with van der Waals surface area (Å²) in [5.41, 5.74) is 1.18. The maximum atomic E-state index is 11.4. The average Bonchev–Trinajstić information content (AvgIpc) is 3.25. The third kappa shape index (κ3) is 4.36. The average molecular weight is 347 g/mol. The zero-order chi connectivity index (χ0) is 16.8. The molecule has 0 unspecified atom stereocenters. The molecule has 0 bridgehead atoms. The molecule has 1 atom stereocenters. The van der Waals surface area contributed by atoms with Crippen LogP contribution in [0, 0.1) is 0 Å². The van der Waals surface area contributed by atoms with E-state index < -0.39 is 0 Å². The molecule has 2 aromatic rings. The molecule has 6 nitrogen and oxygen atoms in total. The third-order valence-corrected chi connectivity index (χ3v) is 4.90. The molecule has 0 amide bonds. The van der Waals surface area contributed by atoms with E-state index in [0.717, 1.165) is 37.0 Å². The van der Waals surface area contributed by atoms with Crippen LogP contribution in [0.5, 0.6) is 0 Å². The van der Waals surface area contributed by atoms with Gasteiger partial charge in [-0.2, -0.15) is 0 Å². The van der Waals surface area contributed by atoms with Gasteiger partial charge in [-0.25, -0.2) is 0 Å². The number of ether oxygens (including phenoxy) is 2. The molecule has 1 aromatic heterocycles. The van der Waals surface area contributed by atoms with E-state index in [1.54, 1.807) is 0 Å². The van der Waals surface area contributed by atoms with Crippen molar-refractivity contribution in [1.29, 1.82) is 0 Å². The van der Waals surface area contributed by atoms with Gasteiger partial charge >= 0.3 is 5.97 Å². The Morgan fingerprint density at radius 2 is 2.21 bits per heavy atom. The molecule has 1 aromatic carbocycles. The van der Waals surface area contributed by atoms with Crippen LogP contribution in [0.4, 0.5) is 0 Å². The van der Waals surface area contributed by atoms with E-state index in [1.165, 1.54) is 24.4 Å². The van der Waals surface area contributed by atoms with Crippen molar-refractivity contribution < 1.29 is 14.3 Å². The van der Waals surface area contributed by atoms with Crippen molar-refractivity contribution >= 4 is 17.7 Å². The molecular formula is C17H21N3O3S. The van der Waals surface area contributed by atoms with Crippen molar-refractivity contribution in [2.75, 3.05) is 19.5 Å². The molecule has 1 saturated heterocycles. The number of carbonyl (C=O) groups is 1. The van der Waals surface area contributed by atoms with Crippen LogP contribution in [-0.4, -0.2) is 46.3 Å². The molecule has 2 heterocycles. The van der Waals surface area contributed by atoms with Gasteiger partial charge in [0, 0.05) is 13.0 Å². The molecule has 128 valence electrons. The first-order valence-corrected chi connectivity index (χ1v) is 9.02. The number of hydrogen-bond donors (Lipinski definition) is 0. The summed E-state index contributed by atoms with van der Waals surface area (Å²) in [7, 11) is 1.39. The van der Waals surface area contributed by atoms with E-state index >= 15 is 0 Å². The van der Waals surface area contributed by atoms with Crippen molar-refractivity contribution in [3.05, 3.63) is 41.7 Å². The molecule has 3 rings (SSSR count). The largest absolute Gasteiger partial charge is 0.468 e. The molecule has 1 fully saturated rings. The second-order valence-electron chi connectivity index (χ2n) is 5.67. The predicted molar refractivity (Wildman–Crippen MR) is 91.0 cm³/mol. The van der Waals surface area contributed by atoms with Crippen LogP contribution in [0.15, 0.2) is 35.5 Å². The highest BCUT2D eigenvalue weighted by atomic mass is 32.2. The van der Waals surface area contributed by atoms with Crippen molar-refractivity contribution in [1.82, 2.24) is 14.8 Å². The summed E-state index contributed by atoms with van der Waals surface area (Å²) >= 11 is 1.35. The lowest BCUT2D eigenvalue weighted by molar-refractivity contribution is -0.137. The lowest BCUT2D eigenvalue weighted by Crippen LogP contribution is -2.18. The Morgan fingerprint density at radius 3 is 2.92 bits per heavy atom. The SMILES string of the molecule is COC(=O)CSc1nnc(Cc2ccccc2)n1C[C@H]1CCCO1. The predicted octanol–water partition coefficient (Wildman–Crippen LogP) is 2.31. The first kappa shape index (κ1) is 17.0. The van der Waals surface area contributed by atoms with Crippen molar-refractivity contribution in [2.24, 2.45) is 0 Å². The lowest BCUT2D eigenvalue weighted by Gasteiger charge is -2.14. The van der Waals surface area contributed by atoms with Gasteiger partial charge in [-0.05, 0) is 18.4 Å². The second kappa shape index (κ2) is 8.30. The number of methoxy groups -OCH3 is 1.